The van der Waals surface area contributed by atoms with E-state index in [9.17, 15) is 13.6 Å². The summed E-state index contributed by atoms with van der Waals surface area (Å²) in [6.07, 6.45) is 0.131. The van der Waals surface area contributed by atoms with Gasteiger partial charge in [0, 0.05) is 19.3 Å². The second-order valence-electron chi connectivity index (χ2n) is 6.37. The molecule has 2 amide bonds. The Hall–Kier alpha value is -2.67. The minimum Gasteiger partial charge on any atom is -0.435 e. The molecule has 0 aliphatic heterocycles. The zero-order chi connectivity index (χ0) is 19.8. The maximum atomic E-state index is 12.4. The summed E-state index contributed by atoms with van der Waals surface area (Å²) in [5.74, 6) is 0.0845. The molecule has 0 fully saturated rings. The van der Waals surface area contributed by atoms with Gasteiger partial charge in [0.05, 0.1) is 12.7 Å². The molecule has 0 heterocycles. The van der Waals surface area contributed by atoms with Crippen molar-refractivity contribution in [2.45, 2.75) is 39.7 Å². The lowest BCUT2D eigenvalue weighted by Crippen LogP contribution is -2.30. The Kier molecular flexibility index (Phi) is 7.55. The maximum absolute atomic E-state index is 12.4. The van der Waals surface area contributed by atoms with Gasteiger partial charge >= 0.3 is 12.6 Å². The molecular formula is C20H24F2N2O3. The number of anilines is 1. The van der Waals surface area contributed by atoms with Gasteiger partial charge in [0.1, 0.15) is 5.75 Å². The summed E-state index contributed by atoms with van der Waals surface area (Å²) < 4.78 is 34.2. The summed E-state index contributed by atoms with van der Waals surface area (Å²) in [6, 6.07) is 13.4. The third kappa shape index (κ3) is 7.22. The average Bonchev–Trinajstić information content (AvgIpc) is 2.61. The molecule has 1 N–H and O–H groups in total. The second kappa shape index (κ2) is 9.87. The first-order valence-corrected chi connectivity index (χ1v) is 8.60. The maximum Gasteiger partial charge on any atom is 0.387 e. The van der Waals surface area contributed by atoms with Crippen LogP contribution in [0.25, 0.3) is 0 Å². The number of hydrogen-bond acceptors (Lipinski definition) is 3. The lowest BCUT2D eigenvalue weighted by atomic mass is 10.2. The van der Waals surface area contributed by atoms with E-state index < -0.39 is 6.61 Å². The molecule has 27 heavy (non-hydrogen) atoms. The molecule has 0 unspecified atom stereocenters. The molecule has 0 spiro atoms. The van der Waals surface area contributed by atoms with Crippen LogP contribution < -0.4 is 10.1 Å². The van der Waals surface area contributed by atoms with Crippen LogP contribution in [0.15, 0.2) is 48.5 Å². The lowest BCUT2D eigenvalue weighted by molar-refractivity contribution is -0.0498. The lowest BCUT2D eigenvalue weighted by Gasteiger charge is -2.19. The molecule has 0 radical (unpaired) electrons. The van der Waals surface area contributed by atoms with Crippen molar-refractivity contribution in [3.8, 4) is 5.75 Å². The number of urea groups is 1. The fourth-order valence-corrected chi connectivity index (χ4v) is 2.34. The number of hydrogen-bond donors (Lipinski definition) is 1. The van der Waals surface area contributed by atoms with Crippen molar-refractivity contribution in [2.75, 3.05) is 12.4 Å². The largest absolute Gasteiger partial charge is 0.435 e. The van der Waals surface area contributed by atoms with Gasteiger partial charge in [0.2, 0.25) is 0 Å². The molecule has 146 valence electrons. The van der Waals surface area contributed by atoms with Gasteiger partial charge < -0.3 is 19.7 Å². The number of alkyl halides is 2. The number of benzene rings is 2. The van der Waals surface area contributed by atoms with Gasteiger partial charge in [-0.25, -0.2) is 4.79 Å². The Morgan fingerprint density at radius 1 is 1.11 bits per heavy atom. The highest BCUT2D eigenvalue weighted by Crippen LogP contribution is 2.17. The number of rotatable bonds is 8. The highest BCUT2D eigenvalue weighted by atomic mass is 19.3. The van der Waals surface area contributed by atoms with Gasteiger partial charge in [-0.05, 0) is 49.2 Å². The molecule has 0 aliphatic rings. The number of halogens is 2. The van der Waals surface area contributed by atoms with Gasteiger partial charge in [-0.1, -0.05) is 24.3 Å². The van der Waals surface area contributed by atoms with E-state index in [-0.39, 0.29) is 17.9 Å². The van der Waals surface area contributed by atoms with Gasteiger partial charge in [-0.15, -0.1) is 0 Å². The Balaban J connectivity index is 1.90. The first kappa shape index (κ1) is 20.6. The summed E-state index contributed by atoms with van der Waals surface area (Å²) >= 11 is 0. The van der Waals surface area contributed by atoms with E-state index >= 15 is 0 Å². The van der Waals surface area contributed by atoms with E-state index in [2.05, 4.69) is 10.1 Å². The number of nitrogens with one attached hydrogen (secondary N) is 1. The van der Waals surface area contributed by atoms with E-state index in [0.29, 0.717) is 18.8 Å². The summed E-state index contributed by atoms with van der Waals surface area (Å²) in [5.41, 5.74) is 2.45. The van der Waals surface area contributed by atoms with Crippen molar-refractivity contribution < 1.29 is 23.0 Å². The van der Waals surface area contributed by atoms with E-state index in [1.807, 2.05) is 32.0 Å². The number of carbonyl (C=O) groups is 1. The molecule has 2 rings (SSSR count). The standard InChI is InChI=1S/C20H24F2N2O3/c1-14(2)26-13-16-5-4-6-17(11-16)23-20(25)24(3)12-15-7-9-18(10-8-15)27-19(21)22/h4-11,14,19H,12-13H2,1-3H3,(H,23,25). The zero-order valence-corrected chi connectivity index (χ0v) is 15.6. The third-order valence-electron chi connectivity index (χ3n) is 3.68. The minimum atomic E-state index is -2.86. The number of amides is 2. The number of nitrogens with zero attached hydrogens (tertiary/aromatic N) is 1. The average molecular weight is 378 g/mol. The molecular weight excluding hydrogens is 354 g/mol. The number of ether oxygens (including phenoxy) is 2. The van der Waals surface area contributed by atoms with Crippen LogP contribution in [-0.4, -0.2) is 30.7 Å². The Bertz CT molecular complexity index is 736. The summed E-state index contributed by atoms with van der Waals surface area (Å²) in [6.45, 7) is 1.88. The molecule has 0 atom stereocenters. The first-order chi connectivity index (χ1) is 12.8. The molecule has 5 nitrogen and oxygen atoms in total. The minimum absolute atomic E-state index is 0.0845. The van der Waals surface area contributed by atoms with Crippen molar-refractivity contribution in [3.63, 3.8) is 0 Å². The molecule has 0 saturated heterocycles. The molecule has 2 aromatic rings. The van der Waals surface area contributed by atoms with Crippen molar-refractivity contribution in [2.24, 2.45) is 0 Å². The summed E-state index contributed by atoms with van der Waals surface area (Å²) in [4.78, 5) is 13.9. The highest BCUT2D eigenvalue weighted by Gasteiger charge is 2.11. The Labute approximate surface area is 157 Å². The topological polar surface area (TPSA) is 50.8 Å². The van der Waals surface area contributed by atoms with Crippen LogP contribution in [0.2, 0.25) is 0 Å². The smallest absolute Gasteiger partial charge is 0.387 e. The SMILES string of the molecule is CC(C)OCc1cccc(NC(=O)N(C)Cc2ccc(OC(F)F)cc2)c1. The van der Waals surface area contributed by atoms with Gasteiger partial charge in [0.15, 0.2) is 0 Å². The van der Waals surface area contributed by atoms with Crippen LogP contribution in [0.1, 0.15) is 25.0 Å². The quantitative estimate of drug-likeness (QED) is 0.712. The van der Waals surface area contributed by atoms with Crippen molar-refractivity contribution >= 4 is 11.7 Å². The fourth-order valence-electron chi connectivity index (χ4n) is 2.34. The van der Waals surface area contributed by atoms with Crippen molar-refractivity contribution in [1.82, 2.24) is 4.90 Å². The Morgan fingerprint density at radius 3 is 2.44 bits per heavy atom. The van der Waals surface area contributed by atoms with Crippen molar-refractivity contribution in [3.05, 3.63) is 59.7 Å². The molecule has 0 aromatic heterocycles. The van der Waals surface area contributed by atoms with Crippen LogP contribution in [0.5, 0.6) is 5.75 Å². The van der Waals surface area contributed by atoms with Crippen LogP contribution in [0.4, 0.5) is 19.3 Å². The van der Waals surface area contributed by atoms with E-state index in [1.165, 1.54) is 17.0 Å². The molecule has 0 saturated carbocycles. The first-order valence-electron chi connectivity index (χ1n) is 8.60. The number of carbonyl (C=O) groups excluding carboxylic acids is 1. The fraction of sp³-hybridized carbons (Fsp3) is 0.350. The molecule has 2 aromatic carbocycles. The van der Waals surface area contributed by atoms with Crippen LogP contribution in [0, 0.1) is 0 Å². The molecule has 0 bridgehead atoms. The van der Waals surface area contributed by atoms with Crippen molar-refractivity contribution in [1.29, 1.82) is 0 Å². The monoisotopic (exact) mass is 378 g/mol. The Morgan fingerprint density at radius 2 is 1.81 bits per heavy atom. The zero-order valence-electron chi connectivity index (χ0n) is 15.6. The van der Waals surface area contributed by atoms with Crippen LogP contribution >= 0.6 is 0 Å². The van der Waals surface area contributed by atoms with Gasteiger partial charge in [0.25, 0.3) is 0 Å². The summed E-state index contributed by atoms with van der Waals surface area (Å²) in [7, 11) is 1.66. The van der Waals surface area contributed by atoms with Crippen LogP contribution in [0.3, 0.4) is 0 Å². The van der Waals surface area contributed by atoms with E-state index in [0.717, 1.165) is 11.1 Å². The van der Waals surface area contributed by atoms with E-state index in [4.69, 9.17) is 4.74 Å². The molecule has 7 heteroatoms. The molecule has 0 aliphatic carbocycles. The third-order valence-corrected chi connectivity index (χ3v) is 3.68. The van der Waals surface area contributed by atoms with Gasteiger partial charge in [-0.3, -0.25) is 0 Å². The predicted molar refractivity (Wildman–Crippen MR) is 99.9 cm³/mol. The highest BCUT2D eigenvalue weighted by molar-refractivity contribution is 5.89. The van der Waals surface area contributed by atoms with Gasteiger partial charge in [-0.2, -0.15) is 8.78 Å². The second-order valence-corrected chi connectivity index (χ2v) is 6.37. The predicted octanol–water partition coefficient (Wildman–Crippen LogP) is 4.88. The van der Waals surface area contributed by atoms with E-state index in [1.54, 1.807) is 25.2 Å². The summed E-state index contributed by atoms with van der Waals surface area (Å²) in [5, 5.41) is 2.84. The van der Waals surface area contributed by atoms with Crippen LogP contribution in [-0.2, 0) is 17.9 Å². The normalized spacial score (nSPS) is 10.9.